The van der Waals surface area contributed by atoms with Gasteiger partial charge in [0.2, 0.25) is 0 Å². The molecule has 0 unspecified atom stereocenters. The van der Waals surface area contributed by atoms with Gasteiger partial charge in [0.15, 0.2) is 11.4 Å². The number of nitrogens with zero attached hydrogens (tertiary/aromatic N) is 1. The molecular formula is C10H12ClNO2S. The largest absolute Gasteiger partial charge is 0.470 e. The lowest BCUT2D eigenvalue weighted by Crippen LogP contribution is -2.14. The van der Waals surface area contributed by atoms with E-state index in [9.17, 15) is 4.79 Å². The molecule has 0 bridgehead atoms. The van der Waals surface area contributed by atoms with Gasteiger partial charge in [0.1, 0.15) is 4.88 Å². The van der Waals surface area contributed by atoms with E-state index in [1.165, 1.54) is 30.6 Å². The summed E-state index contributed by atoms with van der Waals surface area (Å²) in [5, 5.41) is 0.745. The number of thiazole rings is 1. The number of hydrogen-bond donors (Lipinski definition) is 0. The molecule has 0 N–H and O–H groups in total. The van der Waals surface area contributed by atoms with E-state index in [1.807, 2.05) is 0 Å². The minimum Gasteiger partial charge on any atom is -0.470 e. The molecule has 0 radical (unpaired) electrons. The molecule has 0 aromatic carbocycles. The van der Waals surface area contributed by atoms with Gasteiger partial charge >= 0.3 is 0 Å². The van der Waals surface area contributed by atoms with Crippen molar-refractivity contribution in [1.29, 1.82) is 0 Å². The maximum atomic E-state index is 10.5. The Kier molecular flexibility index (Phi) is 3.59. The fraction of sp³-hybridized carbons (Fsp3) is 0.600. The summed E-state index contributed by atoms with van der Waals surface area (Å²) in [6, 6.07) is 0. The number of rotatable bonds is 5. The summed E-state index contributed by atoms with van der Waals surface area (Å²) in [6.45, 7) is 0.673. The summed E-state index contributed by atoms with van der Waals surface area (Å²) in [5.41, 5.74) is 0. The predicted octanol–water partition coefficient (Wildman–Crippen LogP) is 3.18. The van der Waals surface area contributed by atoms with Crippen molar-refractivity contribution in [3.8, 4) is 5.19 Å². The molecule has 82 valence electrons. The minimum absolute atomic E-state index is 0.244. The average Bonchev–Trinajstić information content (AvgIpc) is 2.51. The first-order chi connectivity index (χ1) is 7.29. The molecule has 1 aromatic heterocycles. The van der Waals surface area contributed by atoms with Gasteiger partial charge in [0.05, 0.1) is 6.61 Å². The van der Waals surface area contributed by atoms with Gasteiger partial charge in [-0.05, 0) is 12.3 Å². The van der Waals surface area contributed by atoms with Crippen LogP contribution in [0.1, 0.15) is 35.4 Å². The number of carbonyl (C=O) groups excluding carboxylic acids is 1. The second-order valence-electron chi connectivity index (χ2n) is 3.69. The van der Waals surface area contributed by atoms with Gasteiger partial charge < -0.3 is 4.74 Å². The highest BCUT2D eigenvalue weighted by molar-refractivity contribution is 7.15. The van der Waals surface area contributed by atoms with Gasteiger partial charge in [-0.25, -0.2) is 0 Å². The summed E-state index contributed by atoms with van der Waals surface area (Å²) >= 11 is 6.92. The van der Waals surface area contributed by atoms with Crippen LogP contribution in [0.15, 0.2) is 0 Å². The van der Waals surface area contributed by atoms with E-state index in [1.54, 1.807) is 0 Å². The van der Waals surface area contributed by atoms with Gasteiger partial charge in [0, 0.05) is 0 Å². The Balaban J connectivity index is 1.79. The molecule has 0 amide bonds. The van der Waals surface area contributed by atoms with E-state index in [0.717, 1.165) is 12.3 Å². The zero-order valence-corrected chi connectivity index (χ0v) is 9.81. The monoisotopic (exact) mass is 245 g/mol. The highest BCUT2D eigenvalue weighted by Crippen LogP contribution is 2.31. The Labute approximate surface area is 97.4 Å². The number of carbonyl (C=O) groups is 1. The van der Waals surface area contributed by atoms with Crippen LogP contribution >= 0.6 is 22.9 Å². The van der Waals surface area contributed by atoms with Crippen LogP contribution in [-0.2, 0) is 0 Å². The molecule has 15 heavy (non-hydrogen) atoms. The highest BCUT2D eigenvalue weighted by atomic mass is 35.5. The molecule has 0 saturated heterocycles. The third kappa shape index (κ3) is 2.69. The summed E-state index contributed by atoms with van der Waals surface area (Å²) in [7, 11) is 0. The van der Waals surface area contributed by atoms with Gasteiger partial charge in [-0.2, -0.15) is 4.98 Å². The Bertz CT molecular complexity index is 349. The molecular weight excluding hydrogens is 234 g/mol. The van der Waals surface area contributed by atoms with Crippen LogP contribution in [0.5, 0.6) is 5.19 Å². The van der Waals surface area contributed by atoms with Crippen molar-refractivity contribution < 1.29 is 9.53 Å². The molecule has 0 spiro atoms. The number of aromatic nitrogens is 1. The molecule has 0 aliphatic heterocycles. The van der Waals surface area contributed by atoms with Gasteiger partial charge in [-0.3, -0.25) is 4.79 Å². The average molecular weight is 246 g/mol. The summed E-state index contributed by atoms with van der Waals surface area (Å²) in [5.74, 6) is 0.825. The maximum Gasteiger partial charge on any atom is 0.275 e. The second-order valence-corrected chi connectivity index (χ2v) is 5.04. The Morgan fingerprint density at radius 3 is 2.93 bits per heavy atom. The van der Waals surface area contributed by atoms with Gasteiger partial charge in [-0.1, -0.05) is 42.2 Å². The summed E-state index contributed by atoms with van der Waals surface area (Å²) < 4.78 is 5.44. The fourth-order valence-electron chi connectivity index (χ4n) is 1.52. The first-order valence-corrected chi connectivity index (χ1v) is 6.23. The lowest BCUT2D eigenvalue weighted by atomic mass is 9.83. The van der Waals surface area contributed by atoms with E-state index in [-0.39, 0.29) is 5.15 Å². The van der Waals surface area contributed by atoms with Crippen molar-refractivity contribution in [2.45, 2.75) is 25.7 Å². The molecule has 1 saturated carbocycles. The van der Waals surface area contributed by atoms with Crippen molar-refractivity contribution in [2.75, 3.05) is 6.61 Å². The Hall–Kier alpha value is -0.610. The molecule has 1 aliphatic carbocycles. The highest BCUT2D eigenvalue weighted by Gasteiger charge is 2.17. The maximum absolute atomic E-state index is 10.5. The normalized spacial score (nSPS) is 16.1. The van der Waals surface area contributed by atoms with Crippen molar-refractivity contribution >= 4 is 29.2 Å². The summed E-state index contributed by atoms with van der Waals surface area (Å²) in [6.07, 6.45) is 5.78. The zero-order valence-electron chi connectivity index (χ0n) is 8.24. The lowest BCUT2D eigenvalue weighted by Gasteiger charge is -2.24. The first-order valence-electron chi connectivity index (χ1n) is 5.04. The summed E-state index contributed by atoms with van der Waals surface area (Å²) in [4.78, 5) is 14.9. The zero-order chi connectivity index (χ0) is 10.7. The van der Waals surface area contributed by atoms with Gasteiger partial charge in [-0.15, -0.1) is 0 Å². The number of ether oxygens (including phenoxy) is 1. The van der Waals surface area contributed by atoms with E-state index in [4.69, 9.17) is 16.3 Å². The van der Waals surface area contributed by atoms with E-state index < -0.39 is 0 Å². The smallest absolute Gasteiger partial charge is 0.275 e. The predicted molar refractivity (Wildman–Crippen MR) is 60.0 cm³/mol. The standard InChI is InChI=1S/C10H12ClNO2S/c11-9-8(6-13)15-10(12-9)14-5-4-7-2-1-3-7/h6-7H,1-5H2. The Morgan fingerprint density at radius 1 is 1.60 bits per heavy atom. The van der Waals surface area contributed by atoms with Crippen LogP contribution in [0.25, 0.3) is 0 Å². The fourth-order valence-corrected chi connectivity index (χ4v) is 2.46. The molecule has 3 nitrogen and oxygen atoms in total. The van der Waals surface area contributed by atoms with Crippen molar-refractivity contribution in [1.82, 2.24) is 4.98 Å². The van der Waals surface area contributed by atoms with Crippen molar-refractivity contribution in [2.24, 2.45) is 5.92 Å². The van der Waals surface area contributed by atoms with Crippen molar-refractivity contribution in [3.05, 3.63) is 10.0 Å². The van der Waals surface area contributed by atoms with Gasteiger partial charge in [0.25, 0.3) is 5.19 Å². The van der Waals surface area contributed by atoms with Crippen LogP contribution in [0.4, 0.5) is 0 Å². The number of aldehydes is 1. The van der Waals surface area contributed by atoms with Crippen LogP contribution < -0.4 is 4.74 Å². The lowest BCUT2D eigenvalue weighted by molar-refractivity contribution is 0.112. The Morgan fingerprint density at radius 2 is 2.40 bits per heavy atom. The molecule has 0 atom stereocenters. The molecule has 5 heteroatoms. The minimum atomic E-state index is 0.244. The van der Waals surface area contributed by atoms with Crippen LogP contribution in [-0.4, -0.2) is 17.9 Å². The van der Waals surface area contributed by atoms with Crippen LogP contribution in [0.3, 0.4) is 0 Å². The molecule has 1 fully saturated rings. The van der Waals surface area contributed by atoms with Crippen LogP contribution in [0.2, 0.25) is 5.15 Å². The molecule has 2 rings (SSSR count). The van der Waals surface area contributed by atoms with Crippen LogP contribution in [0, 0.1) is 5.92 Å². The molecule has 1 aliphatic rings. The molecule has 1 aromatic rings. The van der Waals surface area contributed by atoms with E-state index in [0.29, 0.717) is 23.0 Å². The first kappa shape index (κ1) is 10.9. The van der Waals surface area contributed by atoms with E-state index in [2.05, 4.69) is 4.98 Å². The van der Waals surface area contributed by atoms with Crippen molar-refractivity contribution in [3.63, 3.8) is 0 Å². The topological polar surface area (TPSA) is 39.2 Å². The number of halogens is 1. The SMILES string of the molecule is O=Cc1sc(OCCC2CCC2)nc1Cl. The number of hydrogen-bond acceptors (Lipinski definition) is 4. The molecule has 1 heterocycles. The third-order valence-electron chi connectivity index (χ3n) is 2.67. The third-order valence-corrected chi connectivity index (χ3v) is 3.97. The quantitative estimate of drug-likeness (QED) is 0.748. The second kappa shape index (κ2) is 4.94. The van der Waals surface area contributed by atoms with E-state index >= 15 is 0 Å².